The second-order valence-electron chi connectivity index (χ2n) is 6.39. The first kappa shape index (κ1) is 14.8. The van der Waals surface area contributed by atoms with Crippen LogP contribution in [0.1, 0.15) is 39.5 Å². The van der Waals surface area contributed by atoms with Gasteiger partial charge in [-0.1, -0.05) is 13.8 Å². The first-order chi connectivity index (χ1) is 9.13. The van der Waals surface area contributed by atoms with E-state index in [0.29, 0.717) is 24.2 Å². The molecule has 2 saturated heterocycles. The number of nitrogens with one attached hydrogen (secondary N) is 1. The molecule has 4 unspecified atom stereocenters. The summed E-state index contributed by atoms with van der Waals surface area (Å²) in [6.45, 7) is 7.42. The van der Waals surface area contributed by atoms with Crippen LogP contribution in [-0.4, -0.2) is 48.2 Å². The van der Waals surface area contributed by atoms with Crippen LogP contribution in [0.15, 0.2) is 0 Å². The molecular weight excluding hydrogens is 240 g/mol. The molecule has 110 valence electrons. The average molecular weight is 268 g/mol. The van der Waals surface area contributed by atoms with E-state index in [-0.39, 0.29) is 18.6 Å². The SMILES string of the molecule is CC(CC(=O)N1CCC(C)C1CO)C1CCCNC1. The minimum absolute atomic E-state index is 0.0455. The summed E-state index contributed by atoms with van der Waals surface area (Å²) in [5.74, 6) is 1.74. The van der Waals surface area contributed by atoms with Crippen LogP contribution in [0.4, 0.5) is 0 Å². The number of piperidine rings is 1. The molecule has 0 spiro atoms. The maximum atomic E-state index is 12.4. The summed E-state index contributed by atoms with van der Waals surface area (Å²) in [7, 11) is 0. The summed E-state index contributed by atoms with van der Waals surface area (Å²) in [6, 6.07) is 0.0455. The lowest BCUT2D eigenvalue weighted by atomic mass is 9.85. The predicted molar refractivity (Wildman–Crippen MR) is 75.7 cm³/mol. The molecule has 4 heteroatoms. The van der Waals surface area contributed by atoms with Crippen LogP contribution in [0.25, 0.3) is 0 Å². The number of likely N-dealkylation sites (tertiary alicyclic amines) is 1. The summed E-state index contributed by atoms with van der Waals surface area (Å²) in [5.41, 5.74) is 0. The second-order valence-corrected chi connectivity index (χ2v) is 6.39. The number of hydrogen-bond acceptors (Lipinski definition) is 3. The molecule has 2 aliphatic heterocycles. The molecule has 0 bridgehead atoms. The van der Waals surface area contributed by atoms with E-state index in [4.69, 9.17) is 0 Å². The van der Waals surface area contributed by atoms with Gasteiger partial charge >= 0.3 is 0 Å². The highest BCUT2D eigenvalue weighted by atomic mass is 16.3. The van der Waals surface area contributed by atoms with Gasteiger partial charge in [-0.15, -0.1) is 0 Å². The lowest BCUT2D eigenvalue weighted by Gasteiger charge is -2.31. The standard InChI is InChI=1S/C15H28N2O2/c1-11-5-7-17(14(11)10-18)15(19)8-12(2)13-4-3-6-16-9-13/h11-14,16,18H,3-10H2,1-2H3. The van der Waals surface area contributed by atoms with Crippen LogP contribution in [0.2, 0.25) is 0 Å². The van der Waals surface area contributed by atoms with E-state index in [1.807, 2.05) is 4.90 Å². The topological polar surface area (TPSA) is 52.6 Å². The summed E-state index contributed by atoms with van der Waals surface area (Å²) in [4.78, 5) is 14.3. The number of aliphatic hydroxyl groups is 1. The van der Waals surface area contributed by atoms with Crippen molar-refractivity contribution in [2.75, 3.05) is 26.2 Å². The highest BCUT2D eigenvalue weighted by molar-refractivity contribution is 5.77. The van der Waals surface area contributed by atoms with Crippen LogP contribution in [0, 0.1) is 17.8 Å². The Balaban J connectivity index is 1.86. The van der Waals surface area contributed by atoms with Crippen LogP contribution < -0.4 is 5.32 Å². The Bertz CT molecular complexity index is 303. The molecule has 0 aromatic carbocycles. The Morgan fingerprint density at radius 1 is 1.47 bits per heavy atom. The summed E-state index contributed by atoms with van der Waals surface area (Å²) in [6.07, 6.45) is 4.12. The van der Waals surface area contributed by atoms with Crippen molar-refractivity contribution in [3.63, 3.8) is 0 Å². The summed E-state index contributed by atoms with van der Waals surface area (Å²) >= 11 is 0. The van der Waals surface area contributed by atoms with Crippen LogP contribution in [0.3, 0.4) is 0 Å². The van der Waals surface area contributed by atoms with Gasteiger partial charge in [0.15, 0.2) is 0 Å². The van der Waals surface area contributed by atoms with E-state index in [0.717, 1.165) is 26.1 Å². The average Bonchev–Trinajstić information content (AvgIpc) is 2.80. The largest absolute Gasteiger partial charge is 0.394 e. The Morgan fingerprint density at radius 2 is 2.26 bits per heavy atom. The smallest absolute Gasteiger partial charge is 0.223 e. The Morgan fingerprint density at radius 3 is 2.89 bits per heavy atom. The van der Waals surface area contributed by atoms with E-state index in [9.17, 15) is 9.90 Å². The van der Waals surface area contributed by atoms with E-state index in [2.05, 4.69) is 19.2 Å². The van der Waals surface area contributed by atoms with Gasteiger partial charge < -0.3 is 15.3 Å². The number of amides is 1. The summed E-state index contributed by atoms with van der Waals surface area (Å²) in [5, 5.41) is 12.9. The van der Waals surface area contributed by atoms with Gasteiger partial charge in [0.2, 0.25) is 5.91 Å². The minimum atomic E-state index is 0.0455. The molecule has 19 heavy (non-hydrogen) atoms. The number of aliphatic hydroxyl groups excluding tert-OH is 1. The van der Waals surface area contributed by atoms with Crippen molar-refractivity contribution in [2.45, 2.75) is 45.6 Å². The van der Waals surface area contributed by atoms with Gasteiger partial charge in [-0.2, -0.15) is 0 Å². The van der Waals surface area contributed by atoms with Crippen LogP contribution in [0.5, 0.6) is 0 Å². The molecule has 0 aromatic rings. The van der Waals surface area contributed by atoms with Crippen molar-refractivity contribution in [1.82, 2.24) is 10.2 Å². The van der Waals surface area contributed by atoms with Gasteiger partial charge in [-0.3, -0.25) is 4.79 Å². The normalized spacial score (nSPS) is 33.4. The highest BCUT2D eigenvalue weighted by Gasteiger charge is 2.34. The maximum Gasteiger partial charge on any atom is 0.223 e. The van der Waals surface area contributed by atoms with Crippen molar-refractivity contribution in [2.24, 2.45) is 17.8 Å². The minimum Gasteiger partial charge on any atom is -0.394 e. The lowest BCUT2D eigenvalue weighted by molar-refractivity contribution is -0.134. The molecule has 2 fully saturated rings. The molecule has 0 radical (unpaired) electrons. The van der Waals surface area contributed by atoms with Gasteiger partial charge in [-0.25, -0.2) is 0 Å². The van der Waals surface area contributed by atoms with Crippen molar-refractivity contribution in [3.8, 4) is 0 Å². The fraction of sp³-hybridized carbons (Fsp3) is 0.933. The number of rotatable bonds is 4. The Kier molecular flexibility index (Phi) is 5.22. The first-order valence-corrected chi connectivity index (χ1v) is 7.74. The third-order valence-electron chi connectivity index (χ3n) is 5.03. The maximum absolute atomic E-state index is 12.4. The van der Waals surface area contributed by atoms with E-state index < -0.39 is 0 Å². The molecule has 4 nitrogen and oxygen atoms in total. The molecule has 4 atom stereocenters. The molecular formula is C15H28N2O2. The number of carbonyl (C=O) groups is 1. The number of hydrogen-bond donors (Lipinski definition) is 2. The molecule has 2 heterocycles. The van der Waals surface area contributed by atoms with Gasteiger partial charge in [0.1, 0.15) is 0 Å². The van der Waals surface area contributed by atoms with Crippen molar-refractivity contribution in [1.29, 1.82) is 0 Å². The second kappa shape index (κ2) is 6.71. The molecule has 2 N–H and O–H groups in total. The third-order valence-corrected chi connectivity index (χ3v) is 5.03. The zero-order valence-corrected chi connectivity index (χ0v) is 12.3. The molecule has 1 amide bonds. The van der Waals surface area contributed by atoms with Crippen molar-refractivity contribution >= 4 is 5.91 Å². The number of carbonyl (C=O) groups excluding carboxylic acids is 1. The Labute approximate surface area is 116 Å². The van der Waals surface area contributed by atoms with Gasteiger partial charge in [0, 0.05) is 13.0 Å². The van der Waals surface area contributed by atoms with Crippen LogP contribution >= 0.6 is 0 Å². The molecule has 0 aromatic heterocycles. The predicted octanol–water partition coefficient (Wildman–Crippen LogP) is 1.24. The fourth-order valence-electron chi connectivity index (χ4n) is 3.52. The zero-order chi connectivity index (χ0) is 13.8. The van der Waals surface area contributed by atoms with Crippen molar-refractivity contribution in [3.05, 3.63) is 0 Å². The van der Waals surface area contributed by atoms with Gasteiger partial charge in [0.25, 0.3) is 0 Å². The first-order valence-electron chi connectivity index (χ1n) is 7.74. The van der Waals surface area contributed by atoms with E-state index in [1.54, 1.807) is 0 Å². The van der Waals surface area contributed by atoms with Crippen molar-refractivity contribution < 1.29 is 9.90 Å². The van der Waals surface area contributed by atoms with E-state index >= 15 is 0 Å². The zero-order valence-electron chi connectivity index (χ0n) is 12.3. The molecule has 2 aliphatic rings. The molecule has 0 aliphatic carbocycles. The van der Waals surface area contributed by atoms with Gasteiger partial charge in [-0.05, 0) is 50.1 Å². The monoisotopic (exact) mass is 268 g/mol. The third kappa shape index (κ3) is 3.48. The lowest BCUT2D eigenvalue weighted by Crippen LogP contribution is -2.41. The summed E-state index contributed by atoms with van der Waals surface area (Å²) < 4.78 is 0. The molecule has 2 rings (SSSR count). The van der Waals surface area contributed by atoms with E-state index in [1.165, 1.54) is 12.8 Å². The Hall–Kier alpha value is -0.610. The molecule has 0 saturated carbocycles. The quantitative estimate of drug-likeness (QED) is 0.806. The van der Waals surface area contributed by atoms with Crippen LogP contribution in [-0.2, 0) is 4.79 Å². The van der Waals surface area contributed by atoms with Gasteiger partial charge in [0.05, 0.1) is 12.6 Å². The highest BCUT2D eigenvalue weighted by Crippen LogP contribution is 2.28. The number of nitrogens with zero attached hydrogens (tertiary/aromatic N) is 1. The fourth-order valence-corrected chi connectivity index (χ4v) is 3.52.